The standard InChI is InChI=1S/C12H24N2O2/c1-3-7-13-11(12(15)16-2)10-14-8-5-4-6-9-14/h11,13H,3-10H2,1-2H3. The maximum atomic E-state index is 11.6. The van der Waals surface area contributed by atoms with Crippen molar-refractivity contribution < 1.29 is 9.53 Å². The summed E-state index contributed by atoms with van der Waals surface area (Å²) in [5, 5.41) is 3.25. The number of carbonyl (C=O) groups is 1. The zero-order chi connectivity index (χ0) is 11.8. The number of hydrogen-bond acceptors (Lipinski definition) is 4. The molecule has 0 aliphatic carbocycles. The Balaban J connectivity index is 2.38. The van der Waals surface area contributed by atoms with Crippen molar-refractivity contribution in [3.63, 3.8) is 0 Å². The molecule has 0 saturated carbocycles. The van der Waals surface area contributed by atoms with Gasteiger partial charge in [0.05, 0.1) is 7.11 Å². The van der Waals surface area contributed by atoms with E-state index in [-0.39, 0.29) is 12.0 Å². The Morgan fingerprint density at radius 1 is 1.38 bits per heavy atom. The molecule has 0 radical (unpaired) electrons. The predicted molar refractivity (Wildman–Crippen MR) is 64.4 cm³/mol. The molecule has 1 aliphatic rings. The van der Waals surface area contributed by atoms with Crippen LogP contribution in [0.25, 0.3) is 0 Å². The number of piperidine rings is 1. The van der Waals surface area contributed by atoms with E-state index in [1.165, 1.54) is 26.4 Å². The minimum Gasteiger partial charge on any atom is -0.468 e. The van der Waals surface area contributed by atoms with Gasteiger partial charge in [0, 0.05) is 6.54 Å². The van der Waals surface area contributed by atoms with Gasteiger partial charge in [0.15, 0.2) is 0 Å². The maximum absolute atomic E-state index is 11.6. The second-order valence-corrected chi connectivity index (χ2v) is 4.39. The number of nitrogens with one attached hydrogen (secondary N) is 1. The lowest BCUT2D eigenvalue weighted by Crippen LogP contribution is -2.48. The molecule has 1 aliphatic heterocycles. The summed E-state index contributed by atoms with van der Waals surface area (Å²) in [6, 6.07) is -0.164. The van der Waals surface area contributed by atoms with Crippen LogP contribution in [-0.4, -0.2) is 50.2 Å². The van der Waals surface area contributed by atoms with E-state index >= 15 is 0 Å². The first-order chi connectivity index (χ1) is 7.77. The van der Waals surface area contributed by atoms with Crippen LogP contribution >= 0.6 is 0 Å². The molecule has 94 valence electrons. The van der Waals surface area contributed by atoms with E-state index in [0.29, 0.717) is 0 Å². The third-order valence-electron chi connectivity index (χ3n) is 3.02. The minimum atomic E-state index is -0.164. The zero-order valence-electron chi connectivity index (χ0n) is 10.5. The summed E-state index contributed by atoms with van der Waals surface area (Å²) in [4.78, 5) is 13.9. The molecule has 1 heterocycles. The molecular formula is C12H24N2O2. The first kappa shape index (κ1) is 13.5. The molecule has 1 fully saturated rings. The SMILES string of the molecule is CCCNC(CN1CCCCC1)C(=O)OC. The molecule has 16 heavy (non-hydrogen) atoms. The van der Waals surface area contributed by atoms with Crippen molar-refractivity contribution >= 4 is 5.97 Å². The van der Waals surface area contributed by atoms with E-state index < -0.39 is 0 Å². The number of rotatable bonds is 6. The fourth-order valence-corrected chi connectivity index (χ4v) is 2.08. The number of nitrogens with zero attached hydrogens (tertiary/aromatic N) is 1. The first-order valence-corrected chi connectivity index (χ1v) is 6.31. The molecule has 0 aromatic carbocycles. The van der Waals surface area contributed by atoms with Crippen molar-refractivity contribution in [2.45, 2.75) is 38.6 Å². The smallest absolute Gasteiger partial charge is 0.324 e. The van der Waals surface area contributed by atoms with Crippen LogP contribution in [0, 0.1) is 0 Å². The molecule has 0 aromatic heterocycles. The monoisotopic (exact) mass is 228 g/mol. The van der Waals surface area contributed by atoms with Gasteiger partial charge in [-0.05, 0) is 38.9 Å². The third kappa shape index (κ3) is 4.49. The van der Waals surface area contributed by atoms with Gasteiger partial charge in [-0.1, -0.05) is 13.3 Å². The van der Waals surface area contributed by atoms with E-state index in [2.05, 4.69) is 17.1 Å². The Labute approximate surface area is 98.3 Å². The van der Waals surface area contributed by atoms with Gasteiger partial charge in [-0.2, -0.15) is 0 Å². The van der Waals surface area contributed by atoms with Gasteiger partial charge in [-0.3, -0.25) is 4.79 Å². The van der Waals surface area contributed by atoms with E-state index in [9.17, 15) is 4.79 Å². The molecular weight excluding hydrogens is 204 g/mol. The third-order valence-corrected chi connectivity index (χ3v) is 3.02. The highest BCUT2D eigenvalue weighted by atomic mass is 16.5. The molecule has 0 bridgehead atoms. The molecule has 4 heteroatoms. The Kier molecular flexibility index (Phi) is 6.42. The summed E-state index contributed by atoms with van der Waals surface area (Å²) in [7, 11) is 1.46. The fraction of sp³-hybridized carbons (Fsp3) is 0.917. The second-order valence-electron chi connectivity index (χ2n) is 4.39. The fourth-order valence-electron chi connectivity index (χ4n) is 2.08. The van der Waals surface area contributed by atoms with Crippen LogP contribution in [0.5, 0.6) is 0 Å². The number of carbonyl (C=O) groups excluding carboxylic acids is 1. The number of esters is 1. The molecule has 0 aromatic rings. The largest absolute Gasteiger partial charge is 0.468 e. The average Bonchev–Trinajstić information content (AvgIpc) is 2.34. The zero-order valence-corrected chi connectivity index (χ0v) is 10.5. The Morgan fingerprint density at radius 3 is 2.62 bits per heavy atom. The molecule has 1 saturated heterocycles. The lowest BCUT2D eigenvalue weighted by atomic mass is 10.1. The highest BCUT2D eigenvalue weighted by molar-refractivity contribution is 5.75. The van der Waals surface area contributed by atoms with Gasteiger partial charge in [-0.15, -0.1) is 0 Å². The number of hydrogen-bond donors (Lipinski definition) is 1. The van der Waals surface area contributed by atoms with Gasteiger partial charge in [-0.25, -0.2) is 0 Å². The molecule has 4 nitrogen and oxygen atoms in total. The second kappa shape index (κ2) is 7.63. The molecule has 1 N–H and O–H groups in total. The molecule has 0 amide bonds. The molecule has 0 spiro atoms. The van der Waals surface area contributed by atoms with Gasteiger partial charge >= 0.3 is 5.97 Å². The van der Waals surface area contributed by atoms with E-state index in [1.807, 2.05) is 0 Å². The van der Waals surface area contributed by atoms with Crippen LogP contribution in [0.3, 0.4) is 0 Å². The highest BCUT2D eigenvalue weighted by Crippen LogP contribution is 2.09. The van der Waals surface area contributed by atoms with Crippen LogP contribution in [0.2, 0.25) is 0 Å². The Morgan fingerprint density at radius 2 is 2.06 bits per heavy atom. The van der Waals surface area contributed by atoms with Crippen molar-refractivity contribution in [2.24, 2.45) is 0 Å². The predicted octanol–water partition coefficient (Wildman–Crippen LogP) is 1.01. The first-order valence-electron chi connectivity index (χ1n) is 6.31. The topological polar surface area (TPSA) is 41.6 Å². The van der Waals surface area contributed by atoms with Crippen molar-refractivity contribution in [2.75, 3.05) is 33.3 Å². The normalized spacial score (nSPS) is 19.4. The van der Waals surface area contributed by atoms with Crippen LogP contribution in [-0.2, 0) is 9.53 Å². The van der Waals surface area contributed by atoms with Crippen LogP contribution in [0.15, 0.2) is 0 Å². The lowest BCUT2D eigenvalue weighted by molar-refractivity contribution is -0.143. The maximum Gasteiger partial charge on any atom is 0.324 e. The van der Waals surface area contributed by atoms with Crippen molar-refractivity contribution in [1.82, 2.24) is 10.2 Å². The summed E-state index contributed by atoms with van der Waals surface area (Å²) in [6.45, 7) is 5.98. The Bertz CT molecular complexity index is 203. The summed E-state index contributed by atoms with van der Waals surface area (Å²) >= 11 is 0. The average molecular weight is 228 g/mol. The van der Waals surface area contributed by atoms with Gasteiger partial charge < -0.3 is 15.0 Å². The quantitative estimate of drug-likeness (QED) is 0.689. The number of likely N-dealkylation sites (tertiary alicyclic amines) is 1. The van der Waals surface area contributed by atoms with Crippen molar-refractivity contribution in [3.8, 4) is 0 Å². The van der Waals surface area contributed by atoms with Crippen molar-refractivity contribution in [3.05, 3.63) is 0 Å². The summed E-state index contributed by atoms with van der Waals surface area (Å²) < 4.78 is 4.82. The van der Waals surface area contributed by atoms with Gasteiger partial charge in [0.25, 0.3) is 0 Å². The highest BCUT2D eigenvalue weighted by Gasteiger charge is 2.22. The van der Waals surface area contributed by atoms with Gasteiger partial charge in [0.2, 0.25) is 0 Å². The van der Waals surface area contributed by atoms with E-state index in [0.717, 1.165) is 32.6 Å². The van der Waals surface area contributed by atoms with Crippen molar-refractivity contribution in [1.29, 1.82) is 0 Å². The van der Waals surface area contributed by atoms with E-state index in [1.54, 1.807) is 0 Å². The van der Waals surface area contributed by atoms with Crippen LogP contribution in [0.4, 0.5) is 0 Å². The minimum absolute atomic E-state index is 0.140. The molecule has 1 atom stereocenters. The van der Waals surface area contributed by atoms with Crippen LogP contribution in [0.1, 0.15) is 32.6 Å². The number of methoxy groups -OCH3 is 1. The summed E-state index contributed by atoms with van der Waals surface area (Å²) in [6.07, 6.45) is 4.86. The van der Waals surface area contributed by atoms with Crippen LogP contribution < -0.4 is 5.32 Å². The molecule has 1 rings (SSSR count). The molecule has 1 unspecified atom stereocenters. The Hall–Kier alpha value is -0.610. The van der Waals surface area contributed by atoms with Gasteiger partial charge in [0.1, 0.15) is 6.04 Å². The van der Waals surface area contributed by atoms with E-state index in [4.69, 9.17) is 4.74 Å². The lowest BCUT2D eigenvalue weighted by Gasteiger charge is -2.29. The summed E-state index contributed by atoms with van der Waals surface area (Å²) in [5.74, 6) is -0.140. The number of ether oxygens (including phenoxy) is 1. The summed E-state index contributed by atoms with van der Waals surface area (Å²) in [5.41, 5.74) is 0.